The van der Waals surface area contributed by atoms with Crippen molar-refractivity contribution in [2.75, 3.05) is 26.0 Å². The summed E-state index contributed by atoms with van der Waals surface area (Å²) in [5.41, 5.74) is 7.61. The molecule has 0 saturated carbocycles. The first kappa shape index (κ1) is 15.9. The average molecular weight is 286 g/mol. The normalized spacial score (nSPS) is 13.5. The standard InChI is InChI=1S/C13H22N2O3S/c1-9(8-18-4)7-15-19(16,17)13-11(3)6-5-10(2)12(13)14/h5-6,9,15H,7-8,14H2,1-4H3. The van der Waals surface area contributed by atoms with Crippen LogP contribution in [0.4, 0.5) is 5.69 Å². The summed E-state index contributed by atoms with van der Waals surface area (Å²) >= 11 is 0. The van der Waals surface area contributed by atoms with Gasteiger partial charge in [-0.25, -0.2) is 13.1 Å². The predicted molar refractivity (Wildman–Crippen MR) is 76.6 cm³/mol. The van der Waals surface area contributed by atoms with E-state index in [9.17, 15) is 8.42 Å². The highest BCUT2D eigenvalue weighted by molar-refractivity contribution is 7.89. The molecular weight excluding hydrogens is 264 g/mol. The summed E-state index contributed by atoms with van der Waals surface area (Å²) in [7, 11) is -2.00. The summed E-state index contributed by atoms with van der Waals surface area (Å²) < 4.78 is 32.2. The minimum absolute atomic E-state index is 0.103. The smallest absolute Gasteiger partial charge is 0.242 e. The molecule has 0 spiro atoms. The van der Waals surface area contributed by atoms with Crippen LogP contribution in [0.5, 0.6) is 0 Å². The fraction of sp³-hybridized carbons (Fsp3) is 0.538. The molecule has 0 radical (unpaired) electrons. The maximum Gasteiger partial charge on any atom is 0.242 e. The van der Waals surface area contributed by atoms with E-state index in [2.05, 4.69) is 4.72 Å². The lowest BCUT2D eigenvalue weighted by Gasteiger charge is -2.15. The van der Waals surface area contributed by atoms with Crippen LogP contribution in [-0.4, -0.2) is 28.7 Å². The van der Waals surface area contributed by atoms with E-state index in [0.29, 0.717) is 24.4 Å². The monoisotopic (exact) mass is 286 g/mol. The molecule has 0 aromatic heterocycles. The van der Waals surface area contributed by atoms with Crippen molar-refractivity contribution >= 4 is 15.7 Å². The van der Waals surface area contributed by atoms with E-state index in [1.165, 1.54) is 0 Å². The van der Waals surface area contributed by atoms with Crippen LogP contribution in [0, 0.1) is 19.8 Å². The molecule has 108 valence electrons. The molecule has 0 aliphatic rings. The summed E-state index contributed by atoms with van der Waals surface area (Å²) in [6, 6.07) is 3.58. The Labute approximate surface area is 115 Å². The summed E-state index contributed by atoms with van der Waals surface area (Å²) in [5, 5.41) is 0. The largest absolute Gasteiger partial charge is 0.397 e. The minimum Gasteiger partial charge on any atom is -0.397 e. The zero-order valence-electron chi connectivity index (χ0n) is 11.9. The third kappa shape index (κ3) is 3.92. The van der Waals surface area contributed by atoms with Gasteiger partial charge in [0.1, 0.15) is 4.90 Å². The average Bonchev–Trinajstić information content (AvgIpc) is 2.32. The van der Waals surface area contributed by atoms with Gasteiger partial charge in [0.2, 0.25) is 10.0 Å². The number of nitrogen functional groups attached to an aromatic ring is 1. The molecule has 0 bridgehead atoms. The molecule has 19 heavy (non-hydrogen) atoms. The van der Waals surface area contributed by atoms with Crippen molar-refractivity contribution in [3.8, 4) is 0 Å². The van der Waals surface area contributed by atoms with Crippen LogP contribution >= 0.6 is 0 Å². The van der Waals surface area contributed by atoms with Gasteiger partial charge in [0, 0.05) is 20.3 Å². The Kier molecular flexibility index (Phi) is 5.34. The Morgan fingerprint density at radius 2 is 1.89 bits per heavy atom. The lowest BCUT2D eigenvalue weighted by atomic mass is 10.1. The number of aryl methyl sites for hydroxylation is 2. The molecule has 0 heterocycles. The fourth-order valence-corrected chi connectivity index (χ4v) is 3.42. The van der Waals surface area contributed by atoms with E-state index in [0.717, 1.165) is 5.56 Å². The molecule has 1 aromatic rings. The second kappa shape index (κ2) is 6.36. The first-order valence-electron chi connectivity index (χ1n) is 6.14. The third-order valence-electron chi connectivity index (χ3n) is 2.95. The van der Waals surface area contributed by atoms with Crippen molar-refractivity contribution in [2.24, 2.45) is 5.92 Å². The highest BCUT2D eigenvalue weighted by Crippen LogP contribution is 2.25. The van der Waals surface area contributed by atoms with Gasteiger partial charge in [0.05, 0.1) is 5.69 Å². The van der Waals surface area contributed by atoms with Crippen LogP contribution in [0.1, 0.15) is 18.1 Å². The number of hydrogen-bond donors (Lipinski definition) is 2. The number of ether oxygens (including phenoxy) is 1. The maximum atomic E-state index is 12.3. The summed E-state index contributed by atoms with van der Waals surface area (Å²) in [6.07, 6.45) is 0. The van der Waals surface area contributed by atoms with Gasteiger partial charge < -0.3 is 10.5 Å². The van der Waals surface area contributed by atoms with E-state index < -0.39 is 10.0 Å². The molecule has 0 fully saturated rings. The molecule has 0 aliphatic heterocycles. The number of nitrogens with one attached hydrogen (secondary N) is 1. The zero-order chi connectivity index (χ0) is 14.6. The molecule has 1 aromatic carbocycles. The Morgan fingerprint density at radius 1 is 1.32 bits per heavy atom. The van der Waals surface area contributed by atoms with Crippen molar-refractivity contribution in [1.29, 1.82) is 0 Å². The maximum absolute atomic E-state index is 12.3. The first-order chi connectivity index (χ1) is 8.79. The van der Waals surface area contributed by atoms with Gasteiger partial charge in [-0.05, 0) is 30.9 Å². The van der Waals surface area contributed by atoms with Gasteiger partial charge in [-0.15, -0.1) is 0 Å². The third-order valence-corrected chi connectivity index (χ3v) is 4.58. The Hall–Kier alpha value is -1.11. The predicted octanol–water partition coefficient (Wildman–Crippen LogP) is 1.45. The minimum atomic E-state index is -3.59. The molecule has 1 rings (SSSR count). The van der Waals surface area contributed by atoms with Gasteiger partial charge in [0.25, 0.3) is 0 Å². The van der Waals surface area contributed by atoms with Crippen molar-refractivity contribution < 1.29 is 13.2 Å². The Morgan fingerprint density at radius 3 is 2.47 bits per heavy atom. The Balaban J connectivity index is 2.98. The Bertz CT molecular complexity index is 541. The van der Waals surface area contributed by atoms with Crippen LogP contribution in [-0.2, 0) is 14.8 Å². The van der Waals surface area contributed by atoms with Gasteiger partial charge in [-0.1, -0.05) is 19.1 Å². The van der Waals surface area contributed by atoms with Crippen molar-refractivity contribution in [3.63, 3.8) is 0 Å². The van der Waals surface area contributed by atoms with Crippen molar-refractivity contribution in [2.45, 2.75) is 25.7 Å². The summed E-state index contributed by atoms with van der Waals surface area (Å²) in [4.78, 5) is 0.178. The lowest BCUT2D eigenvalue weighted by Crippen LogP contribution is -2.31. The van der Waals surface area contributed by atoms with Gasteiger partial charge in [-0.3, -0.25) is 0 Å². The highest BCUT2D eigenvalue weighted by Gasteiger charge is 2.21. The topological polar surface area (TPSA) is 81.4 Å². The molecule has 5 nitrogen and oxygen atoms in total. The molecule has 0 amide bonds. The van der Waals surface area contributed by atoms with Gasteiger partial charge in [-0.2, -0.15) is 0 Å². The molecule has 0 saturated heterocycles. The first-order valence-corrected chi connectivity index (χ1v) is 7.62. The van der Waals surface area contributed by atoms with E-state index in [1.54, 1.807) is 27.0 Å². The number of anilines is 1. The molecule has 3 N–H and O–H groups in total. The second-order valence-electron chi connectivity index (χ2n) is 4.85. The number of nitrogens with two attached hydrogens (primary N) is 1. The zero-order valence-corrected chi connectivity index (χ0v) is 12.7. The summed E-state index contributed by atoms with van der Waals surface area (Å²) in [5.74, 6) is 0.103. The van der Waals surface area contributed by atoms with E-state index in [-0.39, 0.29) is 10.8 Å². The fourth-order valence-electron chi connectivity index (χ4n) is 1.83. The van der Waals surface area contributed by atoms with Crippen LogP contribution < -0.4 is 10.5 Å². The van der Waals surface area contributed by atoms with Crippen LogP contribution in [0.3, 0.4) is 0 Å². The van der Waals surface area contributed by atoms with Gasteiger partial charge >= 0.3 is 0 Å². The highest BCUT2D eigenvalue weighted by atomic mass is 32.2. The van der Waals surface area contributed by atoms with Crippen LogP contribution in [0.25, 0.3) is 0 Å². The van der Waals surface area contributed by atoms with Gasteiger partial charge in [0.15, 0.2) is 0 Å². The quantitative estimate of drug-likeness (QED) is 0.775. The lowest BCUT2D eigenvalue weighted by molar-refractivity contribution is 0.161. The molecular formula is C13H22N2O3S. The van der Waals surface area contributed by atoms with E-state index in [1.807, 2.05) is 13.0 Å². The molecule has 1 atom stereocenters. The molecule has 6 heteroatoms. The number of methoxy groups -OCH3 is 1. The van der Waals surface area contributed by atoms with Crippen LogP contribution in [0.15, 0.2) is 17.0 Å². The number of benzene rings is 1. The number of hydrogen-bond acceptors (Lipinski definition) is 4. The number of sulfonamides is 1. The SMILES string of the molecule is COCC(C)CNS(=O)(=O)c1c(C)ccc(C)c1N. The summed E-state index contributed by atoms with van der Waals surface area (Å²) in [6.45, 7) is 6.27. The molecule has 1 unspecified atom stereocenters. The van der Waals surface area contributed by atoms with E-state index >= 15 is 0 Å². The van der Waals surface area contributed by atoms with Crippen molar-refractivity contribution in [3.05, 3.63) is 23.3 Å². The van der Waals surface area contributed by atoms with Crippen LogP contribution in [0.2, 0.25) is 0 Å². The van der Waals surface area contributed by atoms with E-state index in [4.69, 9.17) is 10.5 Å². The number of rotatable bonds is 6. The molecule has 0 aliphatic carbocycles. The van der Waals surface area contributed by atoms with Crippen molar-refractivity contribution in [1.82, 2.24) is 4.72 Å². The second-order valence-corrected chi connectivity index (χ2v) is 6.56.